The molecule has 1 unspecified atom stereocenters. The lowest BCUT2D eigenvalue weighted by Gasteiger charge is -2.28. The van der Waals surface area contributed by atoms with Crippen LogP contribution < -0.4 is 11.1 Å². The minimum Gasteiger partial charge on any atom is -0.481 e. The Kier molecular flexibility index (Phi) is 26.9. The van der Waals surface area contributed by atoms with Gasteiger partial charge in [0.1, 0.15) is 18.7 Å². The summed E-state index contributed by atoms with van der Waals surface area (Å²) in [6.07, 6.45) is 23.2. The summed E-state index contributed by atoms with van der Waals surface area (Å²) in [4.78, 5) is 52.6. The molecule has 2 amide bonds. The number of amides is 2. The molecule has 49 heavy (non-hydrogen) atoms. The van der Waals surface area contributed by atoms with E-state index in [-0.39, 0.29) is 31.8 Å². The van der Waals surface area contributed by atoms with E-state index in [2.05, 4.69) is 19.2 Å². The number of unbranched alkanes of at least 4 members (excludes halogenated alkanes) is 18. The number of carbonyl (C=O) groups excluding carboxylic acids is 3. The van der Waals surface area contributed by atoms with E-state index in [1.54, 1.807) is 0 Å². The van der Waals surface area contributed by atoms with Crippen LogP contribution in [0.2, 0.25) is 0 Å². The van der Waals surface area contributed by atoms with Gasteiger partial charge in [0.15, 0.2) is 0 Å². The Morgan fingerprint density at radius 1 is 0.714 bits per heavy atom. The molecule has 1 aromatic rings. The topological polar surface area (TPSA) is 139 Å². The Balaban J connectivity index is 2.71. The quantitative estimate of drug-likeness (QED) is 0.0510. The minimum absolute atomic E-state index is 0.0276. The van der Waals surface area contributed by atoms with Crippen molar-refractivity contribution in [1.29, 1.82) is 0 Å². The van der Waals surface area contributed by atoms with Crippen LogP contribution in [0.5, 0.6) is 0 Å². The maximum Gasteiger partial charge on any atom is 0.323 e. The number of benzene rings is 1. The van der Waals surface area contributed by atoms with Crippen molar-refractivity contribution < 1.29 is 29.0 Å². The number of aliphatic carboxylic acids is 1. The van der Waals surface area contributed by atoms with Crippen molar-refractivity contribution in [2.45, 2.75) is 180 Å². The predicted molar refractivity (Wildman–Crippen MR) is 198 cm³/mol. The number of esters is 1. The number of rotatable bonds is 32. The first-order chi connectivity index (χ1) is 23.8. The molecule has 1 rings (SSSR count). The highest BCUT2D eigenvalue weighted by Gasteiger charge is 2.28. The molecule has 9 nitrogen and oxygen atoms in total. The standard InChI is InChI=1S/C40H69N3O6/c1-3-5-7-9-11-13-15-17-19-24-30-43(31-25-20-18-16-14-12-10-8-6-4-2)39(47)36(28-29-38(45)46)42-37(44)32-35(41)40(48)49-33-34-26-22-21-23-27-34/h21-23,26-27,35-36H,3-20,24-25,28-33,41H2,1-2H3,(H,42,44)(H,45,46)/t35?,36-/m0/s1. The van der Waals surface area contributed by atoms with Gasteiger partial charge in [0.2, 0.25) is 11.8 Å². The van der Waals surface area contributed by atoms with Crippen LogP contribution in [-0.2, 0) is 30.5 Å². The van der Waals surface area contributed by atoms with E-state index in [9.17, 15) is 24.3 Å². The molecule has 0 radical (unpaired) electrons. The number of hydrogen-bond donors (Lipinski definition) is 3. The van der Waals surface area contributed by atoms with Gasteiger partial charge in [-0.15, -0.1) is 0 Å². The second kappa shape index (κ2) is 29.9. The molecule has 280 valence electrons. The number of nitrogens with zero attached hydrogens (tertiary/aromatic N) is 1. The fourth-order valence-electron chi connectivity index (χ4n) is 6.03. The molecular weight excluding hydrogens is 618 g/mol. The van der Waals surface area contributed by atoms with Gasteiger partial charge in [-0.25, -0.2) is 0 Å². The van der Waals surface area contributed by atoms with Crippen molar-refractivity contribution in [3.8, 4) is 0 Å². The zero-order chi connectivity index (χ0) is 36.0. The summed E-state index contributed by atoms with van der Waals surface area (Å²) < 4.78 is 5.27. The summed E-state index contributed by atoms with van der Waals surface area (Å²) in [5, 5.41) is 12.1. The fourth-order valence-corrected chi connectivity index (χ4v) is 6.03. The molecule has 9 heteroatoms. The third kappa shape index (κ3) is 24.0. The van der Waals surface area contributed by atoms with Crippen LogP contribution in [-0.4, -0.2) is 58.9 Å². The third-order valence-corrected chi connectivity index (χ3v) is 9.09. The van der Waals surface area contributed by atoms with Crippen LogP contribution in [0, 0.1) is 0 Å². The maximum absolute atomic E-state index is 13.8. The predicted octanol–water partition coefficient (Wildman–Crippen LogP) is 8.47. The van der Waals surface area contributed by atoms with Crippen molar-refractivity contribution in [3.63, 3.8) is 0 Å². The van der Waals surface area contributed by atoms with E-state index in [1.165, 1.54) is 89.9 Å². The lowest BCUT2D eigenvalue weighted by atomic mass is 10.0. The Morgan fingerprint density at radius 3 is 1.61 bits per heavy atom. The van der Waals surface area contributed by atoms with E-state index >= 15 is 0 Å². The van der Waals surface area contributed by atoms with E-state index in [4.69, 9.17) is 10.5 Å². The average molecular weight is 688 g/mol. The Bertz CT molecular complexity index is 981. The van der Waals surface area contributed by atoms with Gasteiger partial charge in [0.05, 0.1) is 6.42 Å². The summed E-state index contributed by atoms with van der Waals surface area (Å²) in [5.74, 6) is -2.59. The maximum atomic E-state index is 13.8. The van der Waals surface area contributed by atoms with Gasteiger partial charge in [-0.1, -0.05) is 160 Å². The second-order valence-electron chi connectivity index (χ2n) is 13.6. The van der Waals surface area contributed by atoms with Gasteiger partial charge in [0, 0.05) is 19.5 Å². The smallest absolute Gasteiger partial charge is 0.323 e. The molecule has 4 N–H and O–H groups in total. The first kappa shape index (κ1) is 44.1. The largest absolute Gasteiger partial charge is 0.481 e. The summed E-state index contributed by atoms with van der Waals surface area (Å²) in [6.45, 7) is 5.67. The molecule has 0 aliphatic carbocycles. The lowest BCUT2D eigenvalue weighted by Crippen LogP contribution is -2.50. The van der Waals surface area contributed by atoms with Crippen LogP contribution in [0.4, 0.5) is 0 Å². The second-order valence-corrected chi connectivity index (χ2v) is 13.6. The highest BCUT2D eigenvalue weighted by atomic mass is 16.5. The Morgan fingerprint density at radius 2 is 1.16 bits per heavy atom. The molecule has 0 saturated heterocycles. The van der Waals surface area contributed by atoms with Crippen molar-refractivity contribution in [2.24, 2.45) is 5.73 Å². The third-order valence-electron chi connectivity index (χ3n) is 9.09. The van der Waals surface area contributed by atoms with E-state index in [0.29, 0.717) is 13.1 Å². The number of nitrogens with one attached hydrogen (secondary N) is 1. The Labute approximate surface area is 297 Å². The summed E-state index contributed by atoms with van der Waals surface area (Å²) in [5.41, 5.74) is 6.79. The minimum atomic E-state index is -1.20. The molecule has 0 heterocycles. The highest BCUT2D eigenvalue weighted by molar-refractivity contribution is 5.90. The SMILES string of the molecule is CCCCCCCCCCCCN(CCCCCCCCCCCC)C(=O)[C@H](CCC(=O)O)NC(=O)CC(N)C(=O)OCc1ccccc1. The van der Waals surface area contributed by atoms with Crippen molar-refractivity contribution in [2.75, 3.05) is 13.1 Å². The van der Waals surface area contributed by atoms with Gasteiger partial charge in [-0.3, -0.25) is 19.2 Å². The van der Waals surface area contributed by atoms with Gasteiger partial charge < -0.3 is 25.8 Å². The van der Waals surface area contributed by atoms with Crippen molar-refractivity contribution in [3.05, 3.63) is 35.9 Å². The summed E-state index contributed by atoms with van der Waals surface area (Å²) >= 11 is 0. The molecular formula is C40H69N3O6. The number of carbonyl (C=O) groups is 4. The zero-order valence-corrected chi connectivity index (χ0v) is 30.9. The molecule has 0 aliphatic heterocycles. The molecule has 2 atom stereocenters. The number of hydrogen-bond acceptors (Lipinski definition) is 6. The summed E-state index contributed by atoms with van der Waals surface area (Å²) in [6, 6.07) is 6.97. The van der Waals surface area contributed by atoms with E-state index < -0.39 is 29.9 Å². The van der Waals surface area contributed by atoms with Crippen molar-refractivity contribution in [1.82, 2.24) is 10.2 Å². The molecule has 0 saturated carbocycles. The summed E-state index contributed by atoms with van der Waals surface area (Å²) in [7, 11) is 0. The molecule has 1 aromatic carbocycles. The Hall–Kier alpha value is -2.94. The zero-order valence-electron chi connectivity index (χ0n) is 30.9. The molecule has 0 aliphatic rings. The first-order valence-electron chi connectivity index (χ1n) is 19.5. The average Bonchev–Trinajstić information content (AvgIpc) is 3.09. The van der Waals surface area contributed by atoms with Gasteiger partial charge in [0.25, 0.3) is 0 Å². The highest BCUT2D eigenvalue weighted by Crippen LogP contribution is 2.15. The van der Waals surface area contributed by atoms with Gasteiger partial charge in [-0.05, 0) is 24.8 Å². The van der Waals surface area contributed by atoms with E-state index in [1.807, 2.05) is 35.2 Å². The molecule has 0 bridgehead atoms. The fraction of sp³-hybridized carbons (Fsp3) is 0.750. The monoisotopic (exact) mass is 688 g/mol. The number of ether oxygens (including phenoxy) is 1. The molecule has 0 spiro atoms. The molecule has 0 aromatic heterocycles. The normalized spacial score (nSPS) is 12.3. The van der Waals surface area contributed by atoms with E-state index in [0.717, 1.165) is 44.1 Å². The van der Waals surface area contributed by atoms with Crippen LogP contribution in [0.1, 0.15) is 167 Å². The van der Waals surface area contributed by atoms with Crippen LogP contribution in [0.25, 0.3) is 0 Å². The first-order valence-corrected chi connectivity index (χ1v) is 19.5. The van der Waals surface area contributed by atoms with Crippen molar-refractivity contribution >= 4 is 23.8 Å². The van der Waals surface area contributed by atoms with Gasteiger partial charge in [-0.2, -0.15) is 0 Å². The van der Waals surface area contributed by atoms with Gasteiger partial charge >= 0.3 is 11.9 Å². The van der Waals surface area contributed by atoms with Crippen LogP contribution >= 0.6 is 0 Å². The lowest BCUT2D eigenvalue weighted by molar-refractivity contribution is -0.148. The van der Waals surface area contributed by atoms with Crippen LogP contribution in [0.3, 0.4) is 0 Å². The van der Waals surface area contributed by atoms with Crippen LogP contribution in [0.15, 0.2) is 30.3 Å². The number of carboxylic acids is 1. The molecule has 0 fully saturated rings. The number of carboxylic acid groups (broad SMARTS) is 1. The number of nitrogens with two attached hydrogens (primary N) is 1.